The molecule has 0 spiro atoms. The van der Waals surface area contributed by atoms with Crippen molar-refractivity contribution in [2.75, 3.05) is 6.67 Å². The Morgan fingerprint density at radius 3 is 2.64 bits per heavy atom. The van der Waals surface area contributed by atoms with E-state index in [0.29, 0.717) is 29.0 Å². The van der Waals surface area contributed by atoms with Gasteiger partial charge in [0.1, 0.15) is 35.4 Å². The molecule has 2 atom stereocenters. The van der Waals surface area contributed by atoms with Gasteiger partial charge in [0, 0.05) is 34.4 Å². The van der Waals surface area contributed by atoms with Crippen LogP contribution in [0.25, 0.3) is 22.1 Å². The lowest BCUT2D eigenvalue weighted by atomic mass is 9.97. The lowest BCUT2D eigenvalue weighted by Crippen LogP contribution is -2.41. The number of nitrogens with one attached hydrogen (secondary N) is 1. The van der Waals surface area contributed by atoms with E-state index >= 15 is 0 Å². The van der Waals surface area contributed by atoms with E-state index in [1.165, 1.54) is 0 Å². The number of halogens is 1. The van der Waals surface area contributed by atoms with Gasteiger partial charge < -0.3 is 24.5 Å². The van der Waals surface area contributed by atoms with E-state index in [4.69, 9.17) is 14.9 Å². The molecule has 9 heteroatoms. The van der Waals surface area contributed by atoms with Crippen molar-refractivity contribution in [2.24, 2.45) is 5.73 Å². The van der Waals surface area contributed by atoms with E-state index in [1.54, 1.807) is 30.5 Å². The van der Waals surface area contributed by atoms with Crippen LogP contribution in [0.4, 0.5) is 4.39 Å². The van der Waals surface area contributed by atoms with Gasteiger partial charge in [-0.05, 0) is 73.4 Å². The number of alkyl halides is 1. The van der Waals surface area contributed by atoms with E-state index in [1.807, 2.05) is 57.2 Å². The summed E-state index contributed by atoms with van der Waals surface area (Å²) in [7, 11) is 0. The van der Waals surface area contributed by atoms with E-state index in [9.17, 15) is 18.8 Å². The lowest BCUT2D eigenvalue weighted by molar-refractivity contribution is -0.136. The molecule has 0 saturated heterocycles. The fourth-order valence-electron chi connectivity index (χ4n) is 4.19. The molecule has 0 aliphatic heterocycles. The molecule has 1 aromatic heterocycles. The Bertz CT molecular complexity index is 1450. The molecule has 0 saturated carbocycles. The van der Waals surface area contributed by atoms with Crippen LogP contribution in [0.2, 0.25) is 0 Å². The van der Waals surface area contributed by atoms with Crippen LogP contribution in [0.1, 0.15) is 49.1 Å². The van der Waals surface area contributed by atoms with Gasteiger partial charge in [0.15, 0.2) is 0 Å². The summed E-state index contributed by atoms with van der Waals surface area (Å²) >= 11 is -1.44. The predicted molar refractivity (Wildman–Crippen MR) is 151 cm³/mol. The van der Waals surface area contributed by atoms with E-state index in [-0.39, 0.29) is 13.0 Å². The standard InChI is InChI=1S/C30H33FN2O5S/c1-30(2,3)39(36)33-26(16-31)22-6-4-5-21(14-22)25-12-20(11-24-9-10-37-29(24)25)18-38-27-13-19(17-32)7-8-23(27)15-28(34)35/h4-14,26,33H,15-18,32H2,1-3H3,(H,34,35)/t26-,39?/m0/s1. The summed E-state index contributed by atoms with van der Waals surface area (Å²) < 4.78 is 40.9. The molecular weight excluding hydrogens is 519 g/mol. The first-order valence-electron chi connectivity index (χ1n) is 12.6. The molecule has 4 N–H and O–H groups in total. The number of hydrogen-bond donors (Lipinski definition) is 3. The number of furan rings is 1. The van der Waals surface area contributed by atoms with Crippen LogP contribution >= 0.6 is 0 Å². The third-order valence-electron chi connectivity index (χ3n) is 6.27. The molecule has 0 amide bonds. The fourth-order valence-corrected chi connectivity index (χ4v) is 5.00. The molecule has 7 nitrogen and oxygen atoms in total. The highest BCUT2D eigenvalue weighted by Crippen LogP contribution is 2.34. The number of hydrogen-bond acceptors (Lipinski definition) is 6. The van der Waals surface area contributed by atoms with Gasteiger partial charge in [-0.1, -0.05) is 30.3 Å². The van der Waals surface area contributed by atoms with Gasteiger partial charge in [-0.2, -0.15) is 0 Å². The zero-order valence-electron chi connectivity index (χ0n) is 22.2. The second-order valence-electron chi connectivity index (χ2n) is 10.3. The third-order valence-corrected chi connectivity index (χ3v) is 7.88. The molecule has 0 radical (unpaired) electrons. The minimum atomic E-state index is -1.44. The Hall–Kier alpha value is -3.37. The molecule has 1 heterocycles. The van der Waals surface area contributed by atoms with Crippen molar-refractivity contribution < 1.29 is 28.0 Å². The van der Waals surface area contributed by atoms with E-state index in [0.717, 1.165) is 27.6 Å². The molecule has 0 fully saturated rings. The van der Waals surface area contributed by atoms with Gasteiger partial charge in [0.2, 0.25) is 0 Å². The zero-order valence-corrected chi connectivity index (χ0v) is 23.0. The smallest absolute Gasteiger partial charge is 0.307 e. The Labute approximate surface area is 230 Å². The number of benzene rings is 3. The summed E-state index contributed by atoms with van der Waals surface area (Å²) in [4.78, 5) is 11.3. The van der Waals surface area contributed by atoms with Crippen LogP contribution in [0.5, 0.6) is 5.75 Å². The number of carbonyl (C=O) groups is 1. The molecule has 206 valence electrons. The highest BCUT2D eigenvalue weighted by molar-refractivity contribution is 7.90. The Morgan fingerprint density at radius 1 is 1.15 bits per heavy atom. The monoisotopic (exact) mass is 552 g/mol. The number of ether oxygens (including phenoxy) is 1. The lowest BCUT2D eigenvalue weighted by Gasteiger charge is -2.27. The maximum Gasteiger partial charge on any atom is 0.307 e. The number of nitrogens with two attached hydrogens (primary N) is 1. The molecule has 0 bridgehead atoms. The van der Waals surface area contributed by atoms with Crippen LogP contribution in [0, 0.1) is 0 Å². The number of carboxylic acids is 1. The highest BCUT2D eigenvalue weighted by atomic mass is 32.2. The number of aliphatic carboxylic acids is 1. The van der Waals surface area contributed by atoms with Crippen molar-refractivity contribution >= 4 is 28.3 Å². The fraction of sp³-hybridized carbons (Fsp3) is 0.300. The number of rotatable bonds is 11. The first-order chi connectivity index (χ1) is 18.6. The number of fused-ring (bicyclic) bond motifs is 1. The van der Waals surface area contributed by atoms with Gasteiger partial charge >= 0.3 is 5.97 Å². The molecule has 0 aliphatic rings. The van der Waals surface area contributed by atoms with Gasteiger partial charge in [0.05, 0.1) is 12.7 Å². The zero-order chi connectivity index (χ0) is 28.2. The molecule has 4 rings (SSSR count). The largest absolute Gasteiger partial charge is 0.598 e. The molecule has 4 aromatic rings. The van der Waals surface area contributed by atoms with Gasteiger partial charge in [-0.25, -0.2) is 4.39 Å². The average Bonchev–Trinajstić information content (AvgIpc) is 3.38. The highest BCUT2D eigenvalue weighted by Gasteiger charge is 2.30. The normalized spacial score (nSPS) is 13.4. The summed E-state index contributed by atoms with van der Waals surface area (Å²) in [5, 5.41) is 10.2. The third kappa shape index (κ3) is 6.99. The first-order valence-corrected chi connectivity index (χ1v) is 13.7. The summed E-state index contributed by atoms with van der Waals surface area (Å²) in [6.07, 6.45) is 1.44. The second-order valence-corrected chi connectivity index (χ2v) is 12.3. The molecule has 3 aromatic carbocycles. The van der Waals surface area contributed by atoms with E-state index < -0.39 is 34.8 Å². The Morgan fingerprint density at radius 2 is 1.95 bits per heavy atom. The van der Waals surface area contributed by atoms with Gasteiger partial charge in [-0.15, -0.1) is 4.72 Å². The molecule has 39 heavy (non-hydrogen) atoms. The van der Waals surface area contributed by atoms with Crippen molar-refractivity contribution in [3.63, 3.8) is 0 Å². The van der Waals surface area contributed by atoms with Crippen molar-refractivity contribution in [1.29, 1.82) is 0 Å². The first kappa shape index (κ1) is 28.6. The van der Waals surface area contributed by atoms with E-state index in [2.05, 4.69) is 4.72 Å². The van der Waals surface area contributed by atoms with Crippen LogP contribution in [0.15, 0.2) is 71.3 Å². The van der Waals surface area contributed by atoms with Crippen molar-refractivity contribution in [2.45, 2.75) is 51.1 Å². The quantitative estimate of drug-likeness (QED) is 0.200. The molecule has 0 aliphatic carbocycles. The van der Waals surface area contributed by atoms with Gasteiger partial charge in [-0.3, -0.25) is 4.79 Å². The summed E-state index contributed by atoms with van der Waals surface area (Å²) in [5.41, 5.74) is 11.0. The molecular formula is C30H33FN2O5S. The molecule has 1 unspecified atom stereocenters. The maximum atomic E-state index is 14.0. The van der Waals surface area contributed by atoms with Crippen molar-refractivity contribution in [1.82, 2.24) is 4.72 Å². The minimum Gasteiger partial charge on any atom is -0.598 e. The maximum absolute atomic E-state index is 14.0. The SMILES string of the molecule is CC(C)(C)[S+]([O-])N[C@@H](CF)c1cccc(-c2cc(COc3cc(CN)ccc3CC(=O)O)cc3ccoc23)c1. The second kappa shape index (κ2) is 12.2. The van der Waals surface area contributed by atoms with Crippen molar-refractivity contribution in [3.8, 4) is 16.9 Å². The topological polar surface area (TPSA) is 121 Å². The van der Waals surface area contributed by atoms with Crippen LogP contribution in [-0.2, 0) is 35.7 Å². The van der Waals surface area contributed by atoms with Gasteiger partial charge in [0.25, 0.3) is 0 Å². The summed E-state index contributed by atoms with van der Waals surface area (Å²) in [5.74, 6) is -0.477. The Balaban J connectivity index is 1.65. The van der Waals surface area contributed by atoms with Crippen LogP contribution < -0.4 is 15.2 Å². The Kier molecular flexibility index (Phi) is 8.97. The van der Waals surface area contributed by atoms with Crippen LogP contribution in [0.3, 0.4) is 0 Å². The average molecular weight is 553 g/mol. The van der Waals surface area contributed by atoms with Crippen LogP contribution in [-0.4, -0.2) is 27.1 Å². The predicted octanol–water partition coefficient (Wildman–Crippen LogP) is 5.83. The summed E-state index contributed by atoms with van der Waals surface area (Å²) in [6, 6.07) is 17.7. The van der Waals surface area contributed by atoms with Crippen molar-refractivity contribution in [3.05, 3.63) is 89.2 Å². The number of carboxylic acid groups (broad SMARTS) is 1. The minimum absolute atomic E-state index is 0.164. The summed E-state index contributed by atoms with van der Waals surface area (Å²) in [6.45, 7) is 5.28.